The summed E-state index contributed by atoms with van der Waals surface area (Å²) in [4.78, 5) is 25.6. The molecular formula is C79H141N2O6P. The second-order valence-electron chi connectivity index (χ2n) is 25.9. The molecule has 0 heterocycles. The van der Waals surface area contributed by atoms with Crippen LogP contribution in [0.2, 0.25) is 0 Å². The fraction of sp³-hybridized carbons (Fsp3) is 0.734. The number of unbranched alkanes of at least 4 members (excludes halogenated alkanes) is 36. The van der Waals surface area contributed by atoms with E-state index >= 15 is 0 Å². The predicted octanol–water partition coefficient (Wildman–Crippen LogP) is 23.4. The molecule has 8 nitrogen and oxygen atoms in total. The number of amides is 1. The molecule has 88 heavy (non-hydrogen) atoms. The Morgan fingerprint density at radius 3 is 1.06 bits per heavy atom. The van der Waals surface area contributed by atoms with Crippen molar-refractivity contribution in [3.05, 3.63) is 122 Å². The molecule has 0 aliphatic carbocycles. The zero-order valence-electron chi connectivity index (χ0n) is 58.1. The zero-order valence-corrected chi connectivity index (χ0v) is 59.0. The van der Waals surface area contributed by atoms with Crippen molar-refractivity contribution in [1.29, 1.82) is 0 Å². The van der Waals surface area contributed by atoms with E-state index in [1.165, 1.54) is 212 Å². The Hall–Kier alpha value is -3.10. The summed E-state index contributed by atoms with van der Waals surface area (Å²) in [6, 6.07) is -0.916. The first-order valence-electron chi connectivity index (χ1n) is 36.9. The van der Waals surface area contributed by atoms with Crippen molar-refractivity contribution in [3.8, 4) is 0 Å². The number of aliphatic hydroxyl groups excluding tert-OH is 1. The quantitative estimate of drug-likeness (QED) is 0.0272. The van der Waals surface area contributed by atoms with Gasteiger partial charge >= 0.3 is 0 Å². The van der Waals surface area contributed by atoms with E-state index in [9.17, 15) is 19.4 Å². The van der Waals surface area contributed by atoms with E-state index in [0.29, 0.717) is 17.4 Å². The number of likely N-dealkylation sites (N-methyl/N-ethyl adjacent to an activating group) is 1. The van der Waals surface area contributed by atoms with Crippen LogP contribution in [0.15, 0.2) is 122 Å². The number of rotatable bonds is 67. The molecule has 0 spiro atoms. The summed E-state index contributed by atoms with van der Waals surface area (Å²) < 4.78 is 23.4. The van der Waals surface area contributed by atoms with Gasteiger partial charge in [-0.25, -0.2) is 0 Å². The molecule has 3 unspecified atom stereocenters. The Balaban J connectivity index is 4.05. The van der Waals surface area contributed by atoms with Crippen molar-refractivity contribution in [1.82, 2.24) is 5.32 Å². The minimum absolute atomic E-state index is 0.0118. The number of aliphatic hydroxyl groups is 1. The maximum atomic E-state index is 13.0. The Morgan fingerprint density at radius 2 is 0.705 bits per heavy atom. The van der Waals surface area contributed by atoms with E-state index in [0.717, 1.165) is 89.9 Å². The van der Waals surface area contributed by atoms with Gasteiger partial charge in [-0.3, -0.25) is 9.36 Å². The number of nitrogens with zero attached hydrogens (tertiary/aromatic N) is 1. The molecular weight excluding hydrogens is 1100 g/mol. The first-order chi connectivity index (χ1) is 43.0. The summed E-state index contributed by atoms with van der Waals surface area (Å²) in [7, 11) is 1.24. The maximum Gasteiger partial charge on any atom is 0.268 e. The fourth-order valence-corrected chi connectivity index (χ4v) is 11.2. The molecule has 0 fully saturated rings. The van der Waals surface area contributed by atoms with Gasteiger partial charge < -0.3 is 28.8 Å². The molecule has 9 heteroatoms. The minimum Gasteiger partial charge on any atom is -0.756 e. The van der Waals surface area contributed by atoms with Crippen molar-refractivity contribution < 1.29 is 32.9 Å². The summed E-state index contributed by atoms with van der Waals surface area (Å²) in [6.45, 7) is 4.53. The van der Waals surface area contributed by atoms with E-state index in [4.69, 9.17) is 9.05 Å². The molecule has 0 saturated heterocycles. The molecule has 0 rings (SSSR count). The Kier molecular flexibility index (Phi) is 65.9. The highest BCUT2D eigenvalue weighted by atomic mass is 31.2. The molecule has 0 aromatic rings. The Bertz CT molecular complexity index is 1850. The predicted molar refractivity (Wildman–Crippen MR) is 385 cm³/mol. The lowest BCUT2D eigenvalue weighted by Crippen LogP contribution is -2.45. The third-order valence-corrected chi connectivity index (χ3v) is 17.1. The standard InChI is InChI=1S/C79H141N2O6P/c1-6-8-10-12-14-16-18-20-22-24-26-28-30-32-33-34-35-36-37-38-39-40-41-42-43-44-45-46-47-49-51-53-55-57-59-61-63-65-67-69-71-73-79(83)80-77(76-87-88(84,85)86-75-74-81(3,4)5)78(82)72-70-68-66-64-62-60-58-56-54-52-50-48-31-29-27-25-23-21-19-17-15-13-11-9-7-2/h8,10,14,16,20,22,26,28,32-33,35-36,38-39,54,56,62,64,70,72,77-78,82H,6-7,9,11-13,15,17-19,21,23-25,27,29-31,34,37,40-53,55,57-61,63,65-69,71,73-76H2,1-5H3,(H-,80,83,84,85)/b10-8-,16-14-,22-20-,28-26-,33-32-,36-35-,39-38-,56-54+,64-62+,72-70+. The van der Waals surface area contributed by atoms with Crippen LogP contribution in [0.5, 0.6) is 0 Å². The van der Waals surface area contributed by atoms with Gasteiger partial charge in [0.25, 0.3) is 7.82 Å². The molecule has 0 aromatic carbocycles. The molecule has 0 radical (unpaired) electrons. The SMILES string of the molecule is CC/C=C\C/C=C\C/C=C\C/C=C\C/C=C\C/C=C\C/C=C\CCCCCCCCCCCCCCCCCCCCCC(=O)NC(COP(=O)([O-])OCC[N+](C)(C)C)C(O)/C=C/CC/C=C/CC/C=C/CCCCCCCCCCCCCCCCC. The zero-order chi connectivity index (χ0) is 64.1. The molecule has 508 valence electrons. The average Bonchev–Trinajstić information content (AvgIpc) is 3.71. The number of quaternary nitrogens is 1. The fourth-order valence-electron chi connectivity index (χ4n) is 10.5. The molecule has 0 saturated carbocycles. The molecule has 0 aliphatic heterocycles. The highest BCUT2D eigenvalue weighted by Crippen LogP contribution is 2.38. The lowest BCUT2D eigenvalue weighted by Gasteiger charge is -2.29. The van der Waals surface area contributed by atoms with Crippen molar-refractivity contribution >= 4 is 13.7 Å². The highest BCUT2D eigenvalue weighted by Gasteiger charge is 2.23. The number of hydrogen-bond acceptors (Lipinski definition) is 6. The maximum absolute atomic E-state index is 13.0. The van der Waals surface area contributed by atoms with Crippen molar-refractivity contribution in [3.63, 3.8) is 0 Å². The summed E-state index contributed by atoms with van der Waals surface area (Å²) in [5, 5.41) is 13.9. The molecule has 1 amide bonds. The Labute approximate surface area is 545 Å². The van der Waals surface area contributed by atoms with E-state index in [1.54, 1.807) is 6.08 Å². The van der Waals surface area contributed by atoms with Gasteiger partial charge in [-0.2, -0.15) is 0 Å². The number of nitrogens with one attached hydrogen (secondary N) is 1. The number of phosphoric acid groups is 1. The van der Waals surface area contributed by atoms with Gasteiger partial charge in [0.1, 0.15) is 13.2 Å². The summed E-state index contributed by atoms with van der Waals surface area (Å²) in [5.41, 5.74) is 0. The van der Waals surface area contributed by atoms with Crippen molar-refractivity contribution in [2.75, 3.05) is 40.9 Å². The third-order valence-electron chi connectivity index (χ3n) is 16.1. The number of carbonyl (C=O) groups is 1. The summed E-state index contributed by atoms with van der Waals surface area (Å²) in [6.07, 6.45) is 102. The van der Waals surface area contributed by atoms with Gasteiger partial charge in [-0.15, -0.1) is 0 Å². The van der Waals surface area contributed by atoms with Gasteiger partial charge in [0.2, 0.25) is 5.91 Å². The number of allylic oxidation sites excluding steroid dienone is 19. The van der Waals surface area contributed by atoms with Crippen LogP contribution in [0.25, 0.3) is 0 Å². The van der Waals surface area contributed by atoms with Crippen LogP contribution in [0.3, 0.4) is 0 Å². The number of carbonyl (C=O) groups excluding carboxylic acids is 1. The topological polar surface area (TPSA) is 108 Å². The van der Waals surface area contributed by atoms with Gasteiger partial charge in [0.15, 0.2) is 0 Å². The molecule has 0 aliphatic rings. The van der Waals surface area contributed by atoms with Crippen LogP contribution in [-0.4, -0.2) is 68.5 Å². The van der Waals surface area contributed by atoms with Crippen LogP contribution in [0, 0.1) is 0 Å². The van der Waals surface area contributed by atoms with Crippen LogP contribution >= 0.6 is 7.82 Å². The molecule has 2 N–H and O–H groups in total. The van der Waals surface area contributed by atoms with Gasteiger partial charge in [-0.1, -0.05) is 334 Å². The van der Waals surface area contributed by atoms with E-state index in [1.807, 2.05) is 27.2 Å². The van der Waals surface area contributed by atoms with Crippen LogP contribution in [0.1, 0.15) is 322 Å². The van der Waals surface area contributed by atoms with Crippen molar-refractivity contribution in [2.24, 2.45) is 0 Å². The van der Waals surface area contributed by atoms with Gasteiger partial charge in [0, 0.05) is 6.42 Å². The first-order valence-corrected chi connectivity index (χ1v) is 38.4. The van der Waals surface area contributed by atoms with E-state index in [-0.39, 0.29) is 12.5 Å². The Morgan fingerprint density at radius 1 is 0.409 bits per heavy atom. The van der Waals surface area contributed by atoms with Crippen LogP contribution in [0.4, 0.5) is 0 Å². The van der Waals surface area contributed by atoms with Crippen LogP contribution < -0.4 is 10.2 Å². The number of phosphoric ester groups is 1. The van der Waals surface area contributed by atoms with Crippen LogP contribution in [-0.2, 0) is 18.4 Å². The lowest BCUT2D eigenvalue weighted by atomic mass is 10.0. The molecule has 0 bridgehead atoms. The normalized spacial score (nSPS) is 14.3. The monoisotopic (exact) mass is 1250 g/mol. The highest BCUT2D eigenvalue weighted by molar-refractivity contribution is 7.45. The molecule has 0 aromatic heterocycles. The van der Waals surface area contributed by atoms with E-state index < -0.39 is 26.6 Å². The van der Waals surface area contributed by atoms with Gasteiger partial charge in [-0.05, 0) is 103 Å². The molecule has 3 atom stereocenters. The second-order valence-corrected chi connectivity index (χ2v) is 27.3. The average molecular weight is 1250 g/mol. The largest absolute Gasteiger partial charge is 0.756 e. The minimum atomic E-state index is -4.62. The first kappa shape index (κ1) is 84.9. The summed E-state index contributed by atoms with van der Waals surface area (Å²) in [5.74, 6) is -0.210. The number of hydrogen-bond donors (Lipinski definition) is 2. The second kappa shape index (κ2) is 68.3. The van der Waals surface area contributed by atoms with Gasteiger partial charge in [0.05, 0.1) is 39.9 Å². The smallest absolute Gasteiger partial charge is 0.268 e. The lowest BCUT2D eigenvalue weighted by molar-refractivity contribution is -0.870. The van der Waals surface area contributed by atoms with E-state index in [2.05, 4.69) is 129 Å². The third kappa shape index (κ3) is 70.4. The summed E-state index contributed by atoms with van der Waals surface area (Å²) >= 11 is 0. The van der Waals surface area contributed by atoms with Crippen molar-refractivity contribution in [2.45, 2.75) is 334 Å².